The van der Waals surface area contributed by atoms with Crippen molar-refractivity contribution < 1.29 is 13.2 Å². The zero-order valence-electron chi connectivity index (χ0n) is 14.5. The molecule has 2 N–H and O–H groups in total. The van der Waals surface area contributed by atoms with E-state index in [1.165, 1.54) is 11.3 Å². The average Bonchev–Trinajstić information content (AvgIpc) is 2.85. The third kappa shape index (κ3) is 9.69. The molecule has 1 unspecified atom stereocenters. The van der Waals surface area contributed by atoms with Crippen LogP contribution >= 0.6 is 0 Å². The van der Waals surface area contributed by atoms with Crippen LogP contribution in [0, 0.1) is 11.8 Å². The monoisotopic (exact) mass is 336 g/mol. The molecule has 23 heavy (non-hydrogen) atoms. The van der Waals surface area contributed by atoms with E-state index in [2.05, 4.69) is 29.5 Å². The van der Waals surface area contributed by atoms with Gasteiger partial charge >= 0.3 is 6.18 Å². The summed E-state index contributed by atoms with van der Waals surface area (Å²) >= 11 is 0. The van der Waals surface area contributed by atoms with Crippen molar-refractivity contribution in [2.75, 3.05) is 39.3 Å². The van der Waals surface area contributed by atoms with Gasteiger partial charge in [0.1, 0.15) is 0 Å². The van der Waals surface area contributed by atoms with E-state index in [0.717, 1.165) is 31.9 Å². The molecule has 0 radical (unpaired) electrons. The van der Waals surface area contributed by atoms with Crippen molar-refractivity contribution in [3.63, 3.8) is 0 Å². The van der Waals surface area contributed by atoms with Crippen LogP contribution in [0.5, 0.6) is 0 Å². The highest BCUT2D eigenvalue weighted by molar-refractivity contribution is 5.79. The lowest BCUT2D eigenvalue weighted by molar-refractivity contribution is -0.143. The zero-order valence-corrected chi connectivity index (χ0v) is 14.5. The molecule has 1 heterocycles. The van der Waals surface area contributed by atoms with Crippen LogP contribution in [0.15, 0.2) is 4.99 Å². The fourth-order valence-electron chi connectivity index (χ4n) is 2.74. The molecule has 1 rings (SSSR count). The predicted octanol–water partition coefficient (Wildman–Crippen LogP) is 2.86. The van der Waals surface area contributed by atoms with Crippen LogP contribution < -0.4 is 10.6 Å². The van der Waals surface area contributed by atoms with Crippen LogP contribution in [0.4, 0.5) is 13.2 Å². The first kappa shape index (κ1) is 20.1. The number of rotatable bonds is 8. The zero-order chi connectivity index (χ0) is 17.3. The molecule has 136 valence electrons. The molecule has 0 aromatic heterocycles. The van der Waals surface area contributed by atoms with Crippen molar-refractivity contribution in [3.05, 3.63) is 0 Å². The van der Waals surface area contributed by atoms with Crippen LogP contribution in [0.3, 0.4) is 0 Å². The minimum absolute atomic E-state index is 0.212. The van der Waals surface area contributed by atoms with Gasteiger partial charge in [0.25, 0.3) is 0 Å². The van der Waals surface area contributed by atoms with Gasteiger partial charge < -0.3 is 10.6 Å². The van der Waals surface area contributed by atoms with Gasteiger partial charge in [-0.05, 0) is 44.6 Å². The summed E-state index contributed by atoms with van der Waals surface area (Å²) in [5, 5.41) is 6.48. The van der Waals surface area contributed by atoms with E-state index in [-0.39, 0.29) is 5.92 Å². The Bertz CT molecular complexity index is 356. The lowest BCUT2D eigenvalue weighted by Gasteiger charge is -2.17. The molecule has 0 aliphatic carbocycles. The summed E-state index contributed by atoms with van der Waals surface area (Å²) in [6, 6.07) is 0. The summed E-state index contributed by atoms with van der Waals surface area (Å²) < 4.78 is 37.2. The molecule has 1 aliphatic heterocycles. The number of hydrogen-bond acceptors (Lipinski definition) is 2. The van der Waals surface area contributed by atoms with Crippen LogP contribution in [-0.4, -0.2) is 56.3 Å². The molecule has 0 saturated carbocycles. The van der Waals surface area contributed by atoms with Gasteiger partial charge in [-0.2, -0.15) is 13.2 Å². The van der Waals surface area contributed by atoms with Gasteiger partial charge in [0.15, 0.2) is 5.96 Å². The van der Waals surface area contributed by atoms with Crippen LogP contribution in [0.25, 0.3) is 0 Å². The maximum Gasteiger partial charge on any atom is 0.401 e. The first-order valence-electron chi connectivity index (χ1n) is 8.61. The van der Waals surface area contributed by atoms with Gasteiger partial charge in [-0.15, -0.1) is 0 Å². The Labute approximate surface area is 137 Å². The molecule has 0 aromatic rings. The first-order valence-corrected chi connectivity index (χ1v) is 8.61. The van der Waals surface area contributed by atoms with Gasteiger partial charge in [-0.3, -0.25) is 9.89 Å². The number of guanidine groups is 1. The van der Waals surface area contributed by atoms with E-state index in [9.17, 15) is 13.2 Å². The first-order chi connectivity index (χ1) is 10.8. The normalized spacial score (nSPS) is 20.3. The third-order valence-electron chi connectivity index (χ3n) is 3.88. The molecule has 0 bridgehead atoms. The molecule has 0 spiro atoms. The lowest BCUT2D eigenvalue weighted by atomic mass is 10.1. The van der Waals surface area contributed by atoms with Crippen LogP contribution in [0.2, 0.25) is 0 Å². The van der Waals surface area contributed by atoms with Gasteiger partial charge in [0.2, 0.25) is 0 Å². The van der Waals surface area contributed by atoms with Crippen molar-refractivity contribution in [3.8, 4) is 0 Å². The molecular weight excluding hydrogens is 305 g/mol. The predicted molar refractivity (Wildman–Crippen MR) is 88.7 cm³/mol. The number of aliphatic imine (C=N–C) groups is 1. The Kier molecular flexibility index (Phi) is 8.73. The summed E-state index contributed by atoms with van der Waals surface area (Å²) in [7, 11) is 0. The summed E-state index contributed by atoms with van der Waals surface area (Å²) in [4.78, 5) is 6.00. The summed E-state index contributed by atoms with van der Waals surface area (Å²) in [5.74, 6) is 1.67. The van der Waals surface area contributed by atoms with Crippen molar-refractivity contribution >= 4 is 5.96 Å². The van der Waals surface area contributed by atoms with Crippen LogP contribution in [0.1, 0.15) is 40.0 Å². The van der Waals surface area contributed by atoms with Crippen molar-refractivity contribution in [2.24, 2.45) is 16.8 Å². The Morgan fingerprint density at radius 3 is 2.65 bits per heavy atom. The van der Waals surface area contributed by atoms with Crippen molar-refractivity contribution in [2.45, 2.75) is 46.2 Å². The lowest BCUT2D eigenvalue weighted by Crippen LogP contribution is -2.38. The Hall–Kier alpha value is -0.980. The highest BCUT2D eigenvalue weighted by Gasteiger charge is 2.34. The van der Waals surface area contributed by atoms with Gasteiger partial charge in [0.05, 0.1) is 6.54 Å². The third-order valence-corrected chi connectivity index (χ3v) is 3.88. The second-order valence-electron chi connectivity index (χ2n) is 6.69. The minimum atomic E-state index is -4.11. The molecule has 7 heteroatoms. The van der Waals surface area contributed by atoms with E-state index >= 15 is 0 Å². The number of hydrogen-bond donors (Lipinski definition) is 2. The molecule has 1 aliphatic rings. The molecule has 0 aromatic carbocycles. The molecule has 4 nitrogen and oxygen atoms in total. The molecule has 0 amide bonds. The van der Waals surface area contributed by atoms with E-state index in [1.54, 1.807) is 0 Å². The van der Waals surface area contributed by atoms with E-state index < -0.39 is 12.7 Å². The second kappa shape index (κ2) is 10.0. The average molecular weight is 336 g/mol. The number of nitrogens with one attached hydrogen (secondary N) is 2. The highest BCUT2D eigenvalue weighted by atomic mass is 19.4. The summed E-state index contributed by atoms with van der Waals surface area (Å²) in [6.07, 6.45) is -1.07. The Balaban J connectivity index is 2.33. The molecule has 1 fully saturated rings. The number of nitrogens with zero attached hydrogens (tertiary/aromatic N) is 2. The topological polar surface area (TPSA) is 39.7 Å². The standard InChI is InChI=1S/C16H31F3N4/c1-4-20-15(21-8-5-6-13(2)3)22-10-14-7-9-23(11-14)12-16(17,18)19/h13-14H,4-12H2,1-3H3,(H2,20,21,22). The smallest absolute Gasteiger partial charge is 0.357 e. The largest absolute Gasteiger partial charge is 0.401 e. The highest BCUT2D eigenvalue weighted by Crippen LogP contribution is 2.22. The maximum absolute atomic E-state index is 12.4. The summed E-state index contributed by atoms with van der Waals surface area (Å²) in [5.41, 5.74) is 0. The second-order valence-corrected chi connectivity index (χ2v) is 6.69. The quantitative estimate of drug-likeness (QED) is 0.407. The Morgan fingerprint density at radius 1 is 1.30 bits per heavy atom. The fraction of sp³-hybridized carbons (Fsp3) is 0.938. The molecule has 1 saturated heterocycles. The van der Waals surface area contributed by atoms with Crippen molar-refractivity contribution in [1.82, 2.24) is 15.5 Å². The SMILES string of the molecule is CCNC(=NCC1CCN(CC(F)(F)F)C1)NCCCC(C)C. The van der Waals surface area contributed by atoms with Crippen molar-refractivity contribution in [1.29, 1.82) is 0 Å². The summed E-state index contributed by atoms with van der Waals surface area (Å²) in [6.45, 7) is 8.82. The van der Waals surface area contributed by atoms with Crippen LogP contribution in [-0.2, 0) is 0 Å². The fourth-order valence-corrected chi connectivity index (χ4v) is 2.74. The number of alkyl halides is 3. The maximum atomic E-state index is 12.4. The minimum Gasteiger partial charge on any atom is -0.357 e. The molecule has 1 atom stereocenters. The van der Waals surface area contributed by atoms with Gasteiger partial charge in [-0.25, -0.2) is 0 Å². The van der Waals surface area contributed by atoms with E-state index in [0.29, 0.717) is 25.6 Å². The molecular formula is C16H31F3N4. The number of likely N-dealkylation sites (tertiary alicyclic amines) is 1. The number of halogens is 3. The van der Waals surface area contributed by atoms with Gasteiger partial charge in [-0.1, -0.05) is 13.8 Å². The van der Waals surface area contributed by atoms with Gasteiger partial charge in [0, 0.05) is 26.2 Å². The van der Waals surface area contributed by atoms with E-state index in [4.69, 9.17) is 0 Å². The Morgan fingerprint density at radius 2 is 2.04 bits per heavy atom. The van der Waals surface area contributed by atoms with E-state index in [1.807, 2.05) is 6.92 Å².